The van der Waals surface area contributed by atoms with Crippen LogP contribution in [0.2, 0.25) is 0 Å². The number of aromatic amines is 1. The molecule has 1 fully saturated rings. The highest BCUT2D eigenvalue weighted by atomic mass is 16.5. The van der Waals surface area contributed by atoms with Crippen LogP contribution in [0.3, 0.4) is 0 Å². The number of ether oxygens (including phenoxy) is 1. The van der Waals surface area contributed by atoms with Crippen molar-refractivity contribution in [1.82, 2.24) is 19.9 Å². The van der Waals surface area contributed by atoms with Gasteiger partial charge in [0.05, 0.1) is 23.4 Å². The van der Waals surface area contributed by atoms with Crippen molar-refractivity contribution >= 4 is 16.9 Å². The molecule has 2 unspecified atom stereocenters. The molecule has 2 aliphatic rings. The van der Waals surface area contributed by atoms with Gasteiger partial charge in [-0.3, -0.25) is 19.7 Å². The van der Waals surface area contributed by atoms with Gasteiger partial charge in [0.25, 0.3) is 5.56 Å². The van der Waals surface area contributed by atoms with E-state index in [0.29, 0.717) is 12.5 Å². The van der Waals surface area contributed by atoms with Crippen molar-refractivity contribution in [3.05, 3.63) is 63.7 Å². The number of aromatic nitrogens is 3. The molecule has 2 aliphatic heterocycles. The van der Waals surface area contributed by atoms with Crippen LogP contribution in [0.5, 0.6) is 0 Å². The average Bonchev–Trinajstić information content (AvgIpc) is 2.73. The number of H-pyrrole nitrogens is 1. The van der Waals surface area contributed by atoms with Crippen LogP contribution in [0, 0.1) is 0 Å². The van der Waals surface area contributed by atoms with E-state index in [-0.39, 0.29) is 17.8 Å². The standard InChI is InChI=1S/C23H27N5O2/c1-15-11-28(12-16(2)30-15)23-25-21-14-27(10-8-19(21)22(29)26-23)13-17-7-9-24-20-6-4-3-5-18(17)20/h3-7,9,15-16H,8,10-14H2,1-2H3,(H,25,26,29). The molecule has 0 amide bonds. The molecule has 7 nitrogen and oxygen atoms in total. The Morgan fingerprint density at radius 1 is 1.17 bits per heavy atom. The Hall–Kier alpha value is -2.77. The minimum absolute atomic E-state index is 0.00388. The van der Waals surface area contributed by atoms with Crippen LogP contribution < -0.4 is 10.5 Å². The van der Waals surface area contributed by atoms with E-state index in [9.17, 15) is 4.79 Å². The molecule has 0 spiro atoms. The van der Waals surface area contributed by atoms with E-state index in [1.54, 1.807) is 0 Å². The van der Waals surface area contributed by atoms with Gasteiger partial charge in [0.1, 0.15) is 0 Å². The molecule has 1 aromatic carbocycles. The van der Waals surface area contributed by atoms with E-state index in [1.165, 1.54) is 10.9 Å². The monoisotopic (exact) mass is 405 g/mol. The summed E-state index contributed by atoms with van der Waals surface area (Å²) in [6.45, 7) is 7.92. The van der Waals surface area contributed by atoms with Crippen molar-refractivity contribution in [2.24, 2.45) is 0 Å². The molecule has 4 heterocycles. The molecular weight excluding hydrogens is 378 g/mol. The number of nitrogens with one attached hydrogen (secondary N) is 1. The van der Waals surface area contributed by atoms with Crippen LogP contribution >= 0.6 is 0 Å². The second-order valence-corrected chi connectivity index (χ2v) is 8.42. The lowest BCUT2D eigenvalue weighted by Gasteiger charge is -2.36. The number of hydrogen-bond acceptors (Lipinski definition) is 6. The number of benzene rings is 1. The molecule has 1 saturated heterocycles. The van der Waals surface area contributed by atoms with Crippen molar-refractivity contribution in [3.63, 3.8) is 0 Å². The molecule has 5 rings (SSSR count). The Balaban J connectivity index is 1.40. The zero-order chi connectivity index (χ0) is 20.7. The third-order valence-electron chi connectivity index (χ3n) is 5.99. The lowest BCUT2D eigenvalue weighted by atomic mass is 10.0. The second kappa shape index (κ2) is 7.81. The zero-order valence-electron chi connectivity index (χ0n) is 17.5. The molecule has 0 radical (unpaired) electrons. The summed E-state index contributed by atoms with van der Waals surface area (Å²) < 4.78 is 5.82. The van der Waals surface area contributed by atoms with Gasteiger partial charge in [-0.1, -0.05) is 18.2 Å². The molecule has 156 valence electrons. The number of anilines is 1. The number of para-hydroxylation sites is 1. The Bertz CT molecular complexity index is 1110. The van der Waals surface area contributed by atoms with Crippen LogP contribution in [-0.4, -0.2) is 51.7 Å². The van der Waals surface area contributed by atoms with Crippen LogP contribution in [0.15, 0.2) is 41.3 Å². The molecule has 2 aromatic heterocycles. The molecule has 30 heavy (non-hydrogen) atoms. The predicted molar refractivity (Wildman–Crippen MR) is 117 cm³/mol. The second-order valence-electron chi connectivity index (χ2n) is 8.42. The Kier molecular flexibility index (Phi) is 5.00. The number of fused-ring (bicyclic) bond motifs is 2. The SMILES string of the molecule is CC1CN(c2nc3c(c(=O)[nH]2)CCN(Cc2ccnc4ccccc24)C3)CC(C)O1. The summed E-state index contributed by atoms with van der Waals surface area (Å²) in [7, 11) is 0. The van der Waals surface area contributed by atoms with Gasteiger partial charge in [-0.05, 0) is 38.0 Å². The number of nitrogens with zero attached hydrogens (tertiary/aromatic N) is 4. The van der Waals surface area contributed by atoms with E-state index in [1.807, 2.05) is 18.3 Å². The lowest BCUT2D eigenvalue weighted by Crippen LogP contribution is -2.47. The van der Waals surface area contributed by atoms with Gasteiger partial charge in [-0.2, -0.15) is 0 Å². The third kappa shape index (κ3) is 3.70. The summed E-state index contributed by atoms with van der Waals surface area (Å²) in [6, 6.07) is 10.3. The van der Waals surface area contributed by atoms with Crippen molar-refractivity contribution in [1.29, 1.82) is 0 Å². The largest absolute Gasteiger partial charge is 0.372 e. The normalized spacial score (nSPS) is 22.3. The van der Waals surface area contributed by atoms with E-state index in [2.05, 4.69) is 51.8 Å². The fraction of sp³-hybridized carbons (Fsp3) is 0.435. The van der Waals surface area contributed by atoms with Crippen molar-refractivity contribution in [2.45, 2.75) is 45.6 Å². The van der Waals surface area contributed by atoms with Gasteiger partial charge >= 0.3 is 0 Å². The van der Waals surface area contributed by atoms with E-state index >= 15 is 0 Å². The van der Waals surface area contributed by atoms with Crippen LogP contribution in [0.1, 0.15) is 30.7 Å². The van der Waals surface area contributed by atoms with Crippen LogP contribution in [-0.2, 0) is 24.2 Å². The number of hydrogen-bond donors (Lipinski definition) is 1. The van der Waals surface area contributed by atoms with E-state index in [4.69, 9.17) is 9.72 Å². The minimum atomic E-state index is -0.00388. The first-order valence-corrected chi connectivity index (χ1v) is 10.6. The number of pyridine rings is 1. The molecule has 0 saturated carbocycles. The highest BCUT2D eigenvalue weighted by Crippen LogP contribution is 2.23. The third-order valence-corrected chi connectivity index (χ3v) is 5.99. The maximum atomic E-state index is 12.7. The summed E-state index contributed by atoms with van der Waals surface area (Å²) in [5.41, 5.74) is 3.98. The topological polar surface area (TPSA) is 74.4 Å². The first-order chi connectivity index (χ1) is 14.6. The predicted octanol–water partition coefficient (Wildman–Crippen LogP) is 2.49. The highest BCUT2D eigenvalue weighted by molar-refractivity contribution is 5.81. The van der Waals surface area contributed by atoms with Gasteiger partial charge in [-0.25, -0.2) is 4.98 Å². The maximum Gasteiger partial charge on any atom is 0.255 e. The van der Waals surface area contributed by atoms with Crippen LogP contribution in [0.4, 0.5) is 5.95 Å². The van der Waals surface area contributed by atoms with Crippen molar-refractivity contribution in [2.75, 3.05) is 24.5 Å². The minimum Gasteiger partial charge on any atom is -0.372 e. The van der Waals surface area contributed by atoms with E-state index < -0.39 is 0 Å². The van der Waals surface area contributed by atoms with Crippen LogP contribution in [0.25, 0.3) is 10.9 Å². The number of morpholine rings is 1. The number of rotatable bonds is 3. The first-order valence-electron chi connectivity index (χ1n) is 10.6. The molecule has 2 atom stereocenters. The lowest BCUT2D eigenvalue weighted by molar-refractivity contribution is -0.00576. The Morgan fingerprint density at radius 2 is 1.97 bits per heavy atom. The summed E-state index contributed by atoms with van der Waals surface area (Å²) >= 11 is 0. The van der Waals surface area contributed by atoms with Gasteiger partial charge < -0.3 is 9.64 Å². The fourth-order valence-corrected chi connectivity index (χ4v) is 4.65. The maximum absolute atomic E-state index is 12.7. The summed E-state index contributed by atoms with van der Waals surface area (Å²) in [6.07, 6.45) is 2.83. The van der Waals surface area contributed by atoms with Gasteiger partial charge in [-0.15, -0.1) is 0 Å². The molecular formula is C23H27N5O2. The fourth-order valence-electron chi connectivity index (χ4n) is 4.65. The quantitative estimate of drug-likeness (QED) is 0.722. The molecule has 1 N–H and O–H groups in total. The van der Waals surface area contributed by atoms with E-state index in [0.717, 1.165) is 49.4 Å². The van der Waals surface area contributed by atoms with Crippen molar-refractivity contribution in [3.8, 4) is 0 Å². The summed E-state index contributed by atoms with van der Waals surface area (Å²) in [4.78, 5) is 29.6. The first kappa shape index (κ1) is 19.2. The summed E-state index contributed by atoms with van der Waals surface area (Å²) in [5, 5.41) is 1.18. The highest BCUT2D eigenvalue weighted by Gasteiger charge is 2.27. The van der Waals surface area contributed by atoms with Crippen molar-refractivity contribution < 1.29 is 4.74 Å². The zero-order valence-corrected chi connectivity index (χ0v) is 17.5. The Labute approximate surface area is 175 Å². The summed E-state index contributed by atoms with van der Waals surface area (Å²) in [5.74, 6) is 0.664. The molecule has 0 aliphatic carbocycles. The van der Waals surface area contributed by atoms with Gasteiger partial charge in [0, 0.05) is 49.9 Å². The molecule has 3 aromatic rings. The smallest absolute Gasteiger partial charge is 0.255 e. The molecule has 0 bridgehead atoms. The molecule has 7 heteroatoms. The van der Waals surface area contributed by atoms with Gasteiger partial charge in [0.15, 0.2) is 0 Å². The Morgan fingerprint density at radius 3 is 2.80 bits per heavy atom. The van der Waals surface area contributed by atoms with Gasteiger partial charge in [0.2, 0.25) is 5.95 Å². The average molecular weight is 406 g/mol.